The Kier molecular flexibility index (Phi) is 4.80. The van der Waals surface area contributed by atoms with Crippen LogP contribution in [0.2, 0.25) is 0 Å². The topological polar surface area (TPSA) is 94.1 Å². The Morgan fingerprint density at radius 3 is 2.38 bits per heavy atom. The van der Waals surface area contributed by atoms with Crippen molar-refractivity contribution >= 4 is 11.9 Å². The fourth-order valence-electron chi connectivity index (χ4n) is 2.14. The number of nitriles is 1. The zero-order valence-corrected chi connectivity index (χ0v) is 13.4. The van der Waals surface area contributed by atoms with E-state index >= 15 is 0 Å². The molecule has 1 aromatic carbocycles. The number of hydrogen-bond acceptors (Lipinski definition) is 5. The van der Waals surface area contributed by atoms with Crippen LogP contribution in [0.3, 0.4) is 0 Å². The van der Waals surface area contributed by atoms with Crippen LogP contribution in [0, 0.1) is 11.3 Å². The summed E-state index contributed by atoms with van der Waals surface area (Å²) in [5.74, 6) is 0.0667. The minimum Gasteiger partial charge on any atom is -0.497 e. The third kappa shape index (κ3) is 3.17. The average Bonchev–Trinajstić information content (AvgIpc) is 2.61. The van der Waals surface area contributed by atoms with Gasteiger partial charge in [0.1, 0.15) is 17.4 Å². The van der Waals surface area contributed by atoms with E-state index in [1.807, 2.05) is 0 Å². The second-order valence-electron chi connectivity index (χ2n) is 5.07. The molecule has 0 atom stereocenters. The van der Waals surface area contributed by atoms with Gasteiger partial charge in [-0.1, -0.05) is 0 Å². The van der Waals surface area contributed by atoms with Crippen LogP contribution in [-0.2, 0) is 14.1 Å². The molecular weight excluding hydrogens is 310 g/mol. The molecule has 0 saturated heterocycles. The normalized spacial score (nSPS) is 11.0. The summed E-state index contributed by atoms with van der Waals surface area (Å²) in [5, 5.41) is 9.26. The summed E-state index contributed by atoms with van der Waals surface area (Å²) in [5.41, 5.74) is -0.885. The van der Waals surface area contributed by atoms with Crippen molar-refractivity contribution in [1.29, 1.82) is 5.26 Å². The van der Waals surface area contributed by atoms with E-state index in [1.165, 1.54) is 50.2 Å². The van der Waals surface area contributed by atoms with Crippen molar-refractivity contribution in [2.24, 2.45) is 14.1 Å². The maximum absolute atomic E-state index is 12.4. The molecule has 122 valence electrons. The number of hydrogen-bond donors (Lipinski definition) is 0. The van der Waals surface area contributed by atoms with Gasteiger partial charge < -0.3 is 9.30 Å². The predicted molar refractivity (Wildman–Crippen MR) is 87.8 cm³/mol. The fraction of sp³-hybridized carbons (Fsp3) is 0.176. The number of benzene rings is 1. The molecule has 0 fully saturated rings. The number of ketones is 1. The SMILES string of the molecule is COc1ccc(C(=O)/C(C#N)=C/c2cn(C)c(=O)n(C)c2=O)cc1. The summed E-state index contributed by atoms with van der Waals surface area (Å²) in [4.78, 5) is 36.2. The Morgan fingerprint density at radius 2 is 1.83 bits per heavy atom. The minimum absolute atomic E-state index is 0.0815. The van der Waals surface area contributed by atoms with Crippen molar-refractivity contribution in [3.05, 3.63) is 68.0 Å². The highest BCUT2D eigenvalue weighted by atomic mass is 16.5. The largest absolute Gasteiger partial charge is 0.497 e. The molecule has 0 spiro atoms. The van der Waals surface area contributed by atoms with Crippen LogP contribution in [0.4, 0.5) is 0 Å². The van der Waals surface area contributed by atoms with Crippen LogP contribution in [0.5, 0.6) is 5.75 Å². The van der Waals surface area contributed by atoms with Gasteiger partial charge in [-0.2, -0.15) is 5.26 Å². The molecule has 0 unspecified atom stereocenters. The van der Waals surface area contributed by atoms with Gasteiger partial charge in [-0.05, 0) is 30.3 Å². The lowest BCUT2D eigenvalue weighted by Crippen LogP contribution is -2.37. The van der Waals surface area contributed by atoms with Crippen molar-refractivity contribution in [2.75, 3.05) is 7.11 Å². The van der Waals surface area contributed by atoms with E-state index < -0.39 is 17.0 Å². The van der Waals surface area contributed by atoms with Crippen LogP contribution >= 0.6 is 0 Å². The lowest BCUT2D eigenvalue weighted by atomic mass is 10.0. The van der Waals surface area contributed by atoms with Crippen LogP contribution in [0.15, 0.2) is 45.6 Å². The van der Waals surface area contributed by atoms with E-state index in [0.717, 1.165) is 4.57 Å². The number of methoxy groups -OCH3 is 1. The summed E-state index contributed by atoms with van der Waals surface area (Å²) in [6.45, 7) is 0. The van der Waals surface area contributed by atoms with E-state index in [1.54, 1.807) is 18.2 Å². The Balaban J connectivity index is 2.50. The molecule has 0 radical (unpaired) electrons. The molecule has 0 aliphatic heterocycles. The molecule has 7 heteroatoms. The summed E-state index contributed by atoms with van der Waals surface area (Å²) in [7, 11) is 4.32. The van der Waals surface area contributed by atoms with Crippen LogP contribution in [0.25, 0.3) is 6.08 Å². The highest BCUT2D eigenvalue weighted by Gasteiger charge is 2.14. The fourth-order valence-corrected chi connectivity index (χ4v) is 2.14. The number of carbonyl (C=O) groups excluding carboxylic acids is 1. The van der Waals surface area contributed by atoms with Gasteiger partial charge in [0, 0.05) is 25.9 Å². The van der Waals surface area contributed by atoms with E-state index in [9.17, 15) is 19.6 Å². The molecule has 0 amide bonds. The summed E-state index contributed by atoms with van der Waals surface area (Å²) < 4.78 is 7.14. The molecule has 24 heavy (non-hydrogen) atoms. The first kappa shape index (κ1) is 17.0. The monoisotopic (exact) mass is 325 g/mol. The third-order valence-electron chi connectivity index (χ3n) is 3.49. The Labute approximate surface area is 137 Å². The van der Waals surface area contributed by atoms with Gasteiger partial charge in [0.2, 0.25) is 5.78 Å². The molecule has 0 bridgehead atoms. The number of ether oxygens (including phenoxy) is 1. The summed E-state index contributed by atoms with van der Waals surface area (Å²) >= 11 is 0. The van der Waals surface area contributed by atoms with E-state index in [2.05, 4.69) is 0 Å². The molecule has 0 N–H and O–H groups in total. The smallest absolute Gasteiger partial charge is 0.330 e. The molecule has 1 aromatic heterocycles. The number of aryl methyl sites for hydroxylation is 1. The third-order valence-corrected chi connectivity index (χ3v) is 3.49. The van der Waals surface area contributed by atoms with Gasteiger partial charge in [0.15, 0.2) is 0 Å². The maximum atomic E-state index is 12.4. The van der Waals surface area contributed by atoms with Crippen molar-refractivity contribution in [3.63, 3.8) is 0 Å². The Hall–Kier alpha value is -3.40. The molecule has 2 rings (SSSR count). The van der Waals surface area contributed by atoms with Gasteiger partial charge in [-0.3, -0.25) is 14.2 Å². The zero-order valence-electron chi connectivity index (χ0n) is 13.4. The van der Waals surface area contributed by atoms with Crippen LogP contribution in [0.1, 0.15) is 15.9 Å². The number of rotatable bonds is 4. The molecule has 7 nitrogen and oxygen atoms in total. The second-order valence-corrected chi connectivity index (χ2v) is 5.07. The van der Waals surface area contributed by atoms with Gasteiger partial charge in [-0.15, -0.1) is 0 Å². The molecule has 2 aromatic rings. The van der Waals surface area contributed by atoms with E-state index in [4.69, 9.17) is 4.74 Å². The number of allylic oxidation sites excluding steroid dienone is 1. The Bertz CT molecular complexity index is 973. The van der Waals surface area contributed by atoms with Crippen molar-refractivity contribution < 1.29 is 9.53 Å². The number of aromatic nitrogens is 2. The van der Waals surface area contributed by atoms with Gasteiger partial charge >= 0.3 is 5.69 Å². The van der Waals surface area contributed by atoms with Crippen molar-refractivity contribution in [3.8, 4) is 11.8 Å². The van der Waals surface area contributed by atoms with Gasteiger partial charge in [0.25, 0.3) is 5.56 Å². The van der Waals surface area contributed by atoms with Crippen LogP contribution in [-0.4, -0.2) is 22.0 Å². The zero-order chi connectivity index (χ0) is 17.9. The van der Waals surface area contributed by atoms with E-state index in [-0.39, 0.29) is 11.1 Å². The number of Topliss-reactive ketones (excluding diaryl/α,β-unsaturated/α-hetero) is 1. The first-order chi connectivity index (χ1) is 11.4. The highest BCUT2D eigenvalue weighted by Crippen LogP contribution is 2.15. The first-order valence-corrected chi connectivity index (χ1v) is 6.96. The van der Waals surface area contributed by atoms with Gasteiger partial charge in [-0.25, -0.2) is 4.79 Å². The molecule has 0 saturated carbocycles. The lowest BCUT2D eigenvalue weighted by Gasteiger charge is -2.05. The molecule has 0 aliphatic carbocycles. The lowest BCUT2D eigenvalue weighted by molar-refractivity contribution is 0.104. The molecule has 0 aliphatic rings. The van der Waals surface area contributed by atoms with Gasteiger partial charge in [0.05, 0.1) is 12.7 Å². The predicted octanol–water partition coefficient (Wildman–Crippen LogP) is 0.882. The highest BCUT2D eigenvalue weighted by molar-refractivity contribution is 6.14. The Morgan fingerprint density at radius 1 is 1.21 bits per heavy atom. The van der Waals surface area contributed by atoms with E-state index in [0.29, 0.717) is 11.3 Å². The molecule has 1 heterocycles. The second kappa shape index (κ2) is 6.79. The quantitative estimate of drug-likeness (QED) is 0.472. The average molecular weight is 325 g/mol. The maximum Gasteiger partial charge on any atom is 0.330 e. The van der Waals surface area contributed by atoms with Crippen molar-refractivity contribution in [2.45, 2.75) is 0 Å². The molecular formula is C17H15N3O4. The summed E-state index contributed by atoms with van der Waals surface area (Å²) in [6, 6.07) is 8.08. The summed E-state index contributed by atoms with van der Waals surface area (Å²) in [6.07, 6.45) is 2.48. The standard InChI is InChI=1S/C17H15N3O4/c1-19-10-13(16(22)20(2)17(19)23)8-12(9-18)15(21)11-4-6-14(24-3)7-5-11/h4-8,10H,1-3H3/b12-8+. The van der Waals surface area contributed by atoms with Crippen LogP contribution < -0.4 is 16.0 Å². The van der Waals surface area contributed by atoms with Crippen molar-refractivity contribution in [1.82, 2.24) is 9.13 Å². The first-order valence-electron chi connectivity index (χ1n) is 6.96. The minimum atomic E-state index is -0.576. The number of nitrogens with zero attached hydrogens (tertiary/aromatic N) is 3. The number of carbonyl (C=O) groups is 1.